The van der Waals surface area contributed by atoms with Crippen LogP contribution >= 0.6 is 9.69 Å². The molecule has 1 aliphatic heterocycles. The van der Waals surface area contributed by atoms with Crippen molar-refractivity contribution in [1.29, 1.82) is 0 Å². The SMILES string of the molecule is CC.CC(C)OC1C=CC=CC1[CH]=[Ru][Cl].CC1(C)CC(C)(c2ccccc2)[CH-]N1.CCC1c2cccc(C)c21.[CH3-]. The number of aryl methyl sites for hydroxylation is 1. The number of hydrogen-bond donors (Lipinski definition) is 1. The van der Waals surface area contributed by atoms with Crippen LogP contribution < -0.4 is 5.32 Å². The third-order valence-electron chi connectivity index (χ3n) is 7.17. The number of ether oxygens (including phenoxy) is 1. The van der Waals surface area contributed by atoms with Crippen LogP contribution in [0.5, 0.6) is 0 Å². The van der Waals surface area contributed by atoms with E-state index in [1.54, 1.807) is 11.1 Å². The molecule has 0 saturated carbocycles. The third kappa shape index (κ3) is 10.8. The van der Waals surface area contributed by atoms with E-state index < -0.39 is 0 Å². The Hall–Kier alpha value is -1.38. The van der Waals surface area contributed by atoms with Crippen molar-refractivity contribution in [2.45, 2.75) is 104 Å². The largest absolute Gasteiger partial charge is 0.464 e. The van der Waals surface area contributed by atoms with Crippen LogP contribution in [-0.2, 0) is 25.8 Å². The zero-order valence-corrected chi connectivity index (χ0v) is 28.9. The van der Waals surface area contributed by atoms with Crippen LogP contribution in [0.1, 0.15) is 96.4 Å². The Morgan fingerprint density at radius 1 is 1.05 bits per heavy atom. The first-order chi connectivity index (χ1) is 18.6. The topological polar surface area (TPSA) is 21.3 Å². The van der Waals surface area contributed by atoms with Gasteiger partial charge in [0.05, 0.1) is 0 Å². The Morgan fingerprint density at radius 3 is 2.23 bits per heavy atom. The number of hydrogen-bond acceptors (Lipinski definition) is 2. The van der Waals surface area contributed by atoms with Crippen molar-refractivity contribution in [3.63, 3.8) is 0 Å². The summed E-state index contributed by atoms with van der Waals surface area (Å²) in [7, 11) is 5.76. The molecule has 0 amide bonds. The average Bonchev–Trinajstić information content (AvgIpc) is 3.58. The number of allylic oxidation sites excluding steroid dienone is 2. The van der Waals surface area contributed by atoms with Crippen LogP contribution in [0.25, 0.3) is 0 Å². The van der Waals surface area contributed by atoms with E-state index in [1.807, 2.05) is 19.9 Å². The van der Waals surface area contributed by atoms with Gasteiger partial charge in [-0.15, -0.1) is 5.41 Å². The van der Waals surface area contributed by atoms with Gasteiger partial charge in [-0.2, -0.15) is 0 Å². The minimum Gasteiger partial charge on any atom is -0.464 e. The number of benzene rings is 2. The van der Waals surface area contributed by atoms with Gasteiger partial charge in [-0.1, -0.05) is 88.2 Å². The molecule has 1 N–H and O–H groups in total. The van der Waals surface area contributed by atoms with Crippen LogP contribution in [0.2, 0.25) is 0 Å². The van der Waals surface area contributed by atoms with E-state index >= 15 is 0 Å². The summed E-state index contributed by atoms with van der Waals surface area (Å²) in [6.07, 6.45) is 11.2. The second kappa shape index (κ2) is 17.5. The summed E-state index contributed by atoms with van der Waals surface area (Å²) in [6.45, 7) is 21.6. The molecule has 0 aromatic heterocycles. The zero-order valence-electron chi connectivity index (χ0n) is 26.4. The van der Waals surface area contributed by atoms with Crippen LogP contribution in [0.3, 0.4) is 0 Å². The molecule has 2 aliphatic carbocycles. The molecule has 5 rings (SSSR count). The first kappa shape index (κ1) is 36.6. The van der Waals surface area contributed by atoms with Gasteiger partial charge in [0.25, 0.3) is 0 Å². The third-order valence-corrected chi connectivity index (χ3v) is 8.58. The van der Waals surface area contributed by atoms with E-state index in [9.17, 15) is 0 Å². The van der Waals surface area contributed by atoms with Crippen molar-refractivity contribution in [3.8, 4) is 0 Å². The maximum Gasteiger partial charge on any atom is 0.00953 e. The fraction of sp³-hybridized carbons (Fsp3) is 0.472. The fourth-order valence-electron chi connectivity index (χ4n) is 5.40. The van der Waals surface area contributed by atoms with E-state index in [2.05, 4.69) is 132 Å². The Bertz CT molecular complexity index is 1090. The predicted octanol–water partition coefficient (Wildman–Crippen LogP) is 9.77. The van der Waals surface area contributed by atoms with Crippen LogP contribution in [0.4, 0.5) is 0 Å². The molecule has 4 unspecified atom stereocenters. The molecule has 3 aliphatic rings. The smallest absolute Gasteiger partial charge is 0.00953 e. The Labute approximate surface area is 258 Å². The standard InChI is InChI=1S/C13H18N.C10H14O.C10H12.C2H6.CH3.ClH.Ru/c1-12(2)9-13(3,10-14-12)11-7-5-4-6-8-11;1-8(2)11-10-7-5-4-6-9(10)3;1-3-8-9-6-4-5-7(2)10(8)9;1-2;;;/h4-8,10,14H,9H2,1-3H3;3-10H,1-2H3;4-6,8H,3H2,1-2H3;1-2H3;1H3;1H;/q-1;;;;-1;;+1/p-1. The van der Waals surface area contributed by atoms with Crippen molar-refractivity contribution in [3.05, 3.63) is 109 Å². The minimum absolute atomic E-state index is 0. The van der Waals surface area contributed by atoms with Gasteiger partial charge < -0.3 is 12.7 Å². The van der Waals surface area contributed by atoms with Gasteiger partial charge in [-0.3, -0.25) is 6.54 Å². The van der Waals surface area contributed by atoms with Crippen molar-refractivity contribution < 1.29 is 20.4 Å². The molecule has 225 valence electrons. The van der Waals surface area contributed by atoms with Crippen molar-refractivity contribution >= 4 is 14.3 Å². The van der Waals surface area contributed by atoms with Crippen molar-refractivity contribution in [1.82, 2.24) is 5.32 Å². The first-order valence-corrected chi connectivity index (χ1v) is 17.7. The summed E-state index contributed by atoms with van der Waals surface area (Å²) >= 11 is -0.133. The Balaban J connectivity index is 0.000000290. The summed E-state index contributed by atoms with van der Waals surface area (Å²) in [5, 5.41) is 3.46. The second-order valence-electron chi connectivity index (χ2n) is 11.4. The van der Waals surface area contributed by atoms with E-state index in [4.69, 9.17) is 14.4 Å². The van der Waals surface area contributed by atoms with Gasteiger partial charge in [0, 0.05) is 5.92 Å². The van der Waals surface area contributed by atoms with Crippen LogP contribution in [0, 0.1) is 26.8 Å². The molecule has 2 nitrogen and oxygen atoms in total. The summed E-state index contributed by atoms with van der Waals surface area (Å²) in [5.74, 6) is 1.18. The van der Waals surface area contributed by atoms with E-state index in [0.29, 0.717) is 5.92 Å². The predicted molar refractivity (Wildman–Crippen MR) is 175 cm³/mol. The summed E-state index contributed by atoms with van der Waals surface area (Å²) < 4.78 is 7.90. The molecule has 0 bridgehead atoms. The molecule has 0 spiro atoms. The molecule has 1 heterocycles. The molecular formula is C36H53ClNORu-2. The quantitative estimate of drug-likeness (QED) is 0.257. The van der Waals surface area contributed by atoms with Gasteiger partial charge in [0.2, 0.25) is 0 Å². The maximum atomic E-state index is 5.76. The molecule has 4 heteroatoms. The minimum atomic E-state index is -0.133. The Kier molecular flexibility index (Phi) is 16.1. The zero-order chi connectivity index (χ0) is 29.1. The first-order valence-electron chi connectivity index (χ1n) is 14.4. The van der Waals surface area contributed by atoms with Crippen molar-refractivity contribution in [2.75, 3.05) is 0 Å². The molecule has 2 aromatic rings. The van der Waals surface area contributed by atoms with E-state index in [-0.39, 0.29) is 46.3 Å². The molecule has 40 heavy (non-hydrogen) atoms. The maximum absolute atomic E-state index is 5.76. The van der Waals surface area contributed by atoms with Crippen LogP contribution in [0.15, 0.2) is 72.8 Å². The summed E-state index contributed by atoms with van der Waals surface area (Å²) in [5.41, 5.74) is 6.49. The average molecular weight is 652 g/mol. The van der Waals surface area contributed by atoms with Gasteiger partial charge in [-0.25, -0.2) is 0 Å². The Morgan fingerprint density at radius 2 is 1.70 bits per heavy atom. The van der Waals surface area contributed by atoms with Gasteiger partial charge in [0.1, 0.15) is 0 Å². The van der Waals surface area contributed by atoms with E-state index in [0.717, 1.165) is 12.3 Å². The van der Waals surface area contributed by atoms with Gasteiger partial charge in [0.15, 0.2) is 0 Å². The van der Waals surface area contributed by atoms with Gasteiger partial charge >= 0.3 is 91.0 Å². The number of fused-ring (bicyclic) bond motifs is 1. The molecule has 0 radical (unpaired) electrons. The summed E-state index contributed by atoms with van der Waals surface area (Å²) in [6, 6.07) is 17.3. The number of rotatable bonds is 5. The molecular weight excluding hydrogens is 599 g/mol. The van der Waals surface area contributed by atoms with E-state index in [1.165, 1.54) is 17.5 Å². The molecule has 1 fully saturated rings. The fourth-order valence-corrected chi connectivity index (χ4v) is 6.78. The van der Waals surface area contributed by atoms with Crippen molar-refractivity contribution in [2.24, 2.45) is 5.92 Å². The second-order valence-corrected chi connectivity index (χ2v) is 13.2. The molecule has 4 atom stereocenters. The molecule has 2 aromatic carbocycles. The number of nitrogens with one attached hydrogen (secondary N) is 1. The summed E-state index contributed by atoms with van der Waals surface area (Å²) in [4.78, 5) is 0. The normalized spacial score (nSPS) is 25.1. The monoisotopic (exact) mass is 652 g/mol. The van der Waals surface area contributed by atoms with Crippen LogP contribution in [-0.4, -0.2) is 22.4 Å². The number of halogens is 1. The van der Waals surface area contributed by atoms with Gasteiger partial charge in [-0.05, 0) is 49.4 Å². The molecule has 1 saturated heterocycles.